The Bertz CT molecular complexity index is 2990. The molecule has 19 nitrogen and oxygen atoms in total. The summed E-state index contributed by atoms with van der Waals surface area (Å²) in [6, 6.07) is 14.3. The van der Waals surface area contributed by atoms with Gasteiger partial charge in [-0.05, 0) is 74.8 Å². The highest BCUT2D eigenvalue weighted by Crippen LogP contribution is 2.32. The molecule has 2 aromatic carbocycles. The summed E-state index contributed by atoms with van der Waals surface area (Å²) in [5, 5.41) is 14.1. The first-order valence-electron chi connectivity index (χ1n) is 22.8. The minimum absolute atomic E-state index is 0.0136. The first-order valence-corrected chi connectivity index (χ1v) is 24.8. The van der Waals surface area contributed by atoms with Gasteiger partial charge in [-0.3, -0.25) is 19.2 Å². The molecule has 4 aromatic heterocycles. The SMILES string of the molecule is CCCn1c(=O)c(OCC(=O)NC)cc2cc(Nc3nc(N4CCN(C)CC4)nc(CCNC(=O)COc4cc5cc(Nc6nc(N7CCC(I)CC7)ncc6Cl)ccc5n(C)c4=O)c3Cl)ccc21. The van der Waals surface area contributed by atoms with Crippen LogP contribution >= 0.6 is 45.8 Å². The van der Waals surface area contributed by atoms with Crippen LogP contribution in [0.4, 0.5) is 34.9 Å². The topological polar surface area (TPSA) is 206 Å². The molecule has 8 rings (SSSR count). The number of aromatic nitrogens is 6. The predicted molar refractivity (Wildman–Crippen MR) is 279 cm³/mol. The maximum absolute atomic E-state index is 13.4. The molecule has 364 valence electrons. The Morgan fingerprint density at radius 2 is 1.38 bits per heavy atom. The maximum atomic E-state index is 13.4. The Hall–Kier alpha value is -5.97. The van der Waals surface area contributed by atoms with Crippen LogP contribution in [0.25, 0.3) is 21.8 Å². The number of ether oxygens (including phenoxy) is 2. The maximum Gasteiger partial charge on any atom is 0.293 e. The van der Waals surface area contributed by atoms with Crippen LogP contribution < -0.4 is 51.7 Å². The molecule has 6 heterocycles. The normalized spacial score (nSPS) is 14.5. The van der Waals surface area contributed by atoms with Crippen molar-refractivity contribution in [2.75, 3.05) is 93.6 Å². The lowest BCUT2D eigenvalue weighted by molar-refractivity contribution is -0.123. The molecule has 2 saturated heterocycles. The molecular formula is C47H54Cl2IN13O6. The third kappa shape index (κ3) is 11.7. The molecule has 0 unspecified atom stereocenters. The lowest BCUT2D eigenvalue weighted by atomic mass is 10.1. The van der Waals surface area contributed by atoms with E-state index in [2.05, 4.69) is 70.6 Å². The van der Waals surface area contributed by atoms with Crippen molar-refractivity contribution >= 4 is 114 Å². The van der Waals surface area contributed by atoms with E-state index >= 15 is 0 Å². The summed E-state index contributed by atoms with van der Waals surface area (Å²) in [4.78, 5) is 77.3. The molecule has 0 aliphatic carbocycles. The molecule has 4 N–H and O–H groups in total. The summed E-state index contributed by atoms with van der Waals surface area (Å²) in [5.74, 6) is 1.21. The summed E-state index contributed by atoms with van der Waals surface area (Å²) in [5.41, 5.74) is 2.50. The predicted octanol–water partition coefficient (Wildman–Crippen LogP) is 5.66. The van der Waals surface area contributed by atoms with Crippen LogP contribution in [-0.4, -0.2) is 123 Å². The van der Waals surface area contributed by atoms with Gasteiger partial charge in [0, 0.05) is 98.9 Å². The van der Waals surface area contributed by atoms with E-state index in [9.17, 15) is 19.2 Å². The first kappa shape index (κ1) is 49.5. The van der Waals surface area contributed by atoms with Crippen molar-refractivity contribution in [3.05, 3.63) is 91.2 Å². The molecule has 69 heavy (non-hydrogen) atoms. The number of likely N-dealkylation sites (N-methyl/N-ethyl adjacent to an activating group) is 2. The van der Waals surface area contributed by atoms with E-state index < -0.39 is 18.1 Å². The minimum Gasteiger partial charge on any atom is -0.478 e. The largest absolute Gasteiger partial charge is 0.478 e. The average Bonchev–Trinajstić information content (AvgIpc) is 3.34. The molecule has 2 aliphatic rings. The van der Waals surface area contributed by atoms with Crippen molar-refractivity contribution in [2.24, 2.45) is 7.05 Å². The van der Waals surface area contributed by atoms with Gasteiger partial charge in [0.1, 0.15) is 10.0 Å². The zero-order chi connectivity index (χ0) is 48.8. The fraction of sp³-hybridized carbons (Fsp3) is 0.404. The Morgan fingerprint density at radius 1 is 0.768 bits per heavy atom. The van der Waals surface area contributed by atoms with E-state index in [1.165, 1.54) is 11.6 Å². The summed E-state index contributed by atoms with van der Waals surface area (Å²) < 4.78 is 15.2. The number of carbonyl (C=O) groups is 2. The molecule has 0 spiro atoms. The van der Waals surface area contributed by atoms with Gasteiger partial charge in [0.25, 0.3) is 22.9 Å². The third-order valence-electron chi connectivity index (χ3n) is 12.0. The lowest BCUT2D eigenvalue weighted by Gasteiger charge is -2.32. The number of halogens is 3. The quantitative estimate of drug-likeness (QED) is 0.0643. The Kier molecular flexibility index (Phi) is 15.9. The number of fused-ring (bicyclic) bond motifs is 2. The number of hydrogen-bond donors (Lipinski definition) is 4. The number of rotatable bonds is 17. The van der Waals surface area contributed by atoms with Gasteiger partial charge in [-0.25, -0.2) is 9.97 Å². The zero-order valence-corrected chi connectivity index (χ0v) is 42.5. The number of nitrogens with one attached hydrogen (secondary N) is 4. The van der Waals surface area contributed by atoms with Crippen LogP contribution in [0.2, 0.25) is 10.0 Å². The van der Waals surface area contributed by atoms with Crippen molar-refractivity contribution in [1.82, 2.24) is 44.6 Å². The van der Waals surface area contributed by atoms with E-state index in [-0.39, 0.29) is 47.6 Å². The van der Waals surface area contributed by atoms with Crippen molar-refractivity contribution in [2.45, 2.75) is 43.1 Å². The second-order valence-electron chi connectivity index (χ2n) is 16.9. The highest BCUT2D eigenvalue weighted by molar-refractivity contribution is 14.1. The van der Waals surface area contributed by atoms with Crippen molar-refractivity contribution in [1.29, 1.82) is 0 Å². The Balaban J connectivity index is 0.957. The van der Waals surface area contributed by atoms with Crippen LogP contribution in [0, 0.1) is 0 Å². The Labute approximate surface area is 422 Å². The molecule has 2 fully saturated rings. The van der Waals surface area contributed by atoms with Gasteiger partial charge in [-0.1, -0.05) is 52.7 Å². The Morgan fingerprint density at radius 3 is 2.06 bits per heavy atom. The van der Waals surface area contributed by atoms with Crippen molar-refractivity contribution in [3.63, 3.8) is 0 Å². The molecule has 0 radical (unpaired) electrons. The summed E-state index contributed by atoms with van der Waals surface area (Å²) in [6.45, 7) is 6.70. The van der Waals surface area contributed by atoms with Gasteiger partial charge < -0.3 is 54.6 Å². The van der Waals surface area contributed by atoms with Crippen LogP contribution in [0.15, 0.2) is 64.3 Å². The number of carbonyl (C=O) groups excluding carboxylic acids is 2. The number of pyridine rings is 2. The molecule has 22 heteroatoms. The number of alkyl halides is 1. The van der Waals surface area contributed by atoms with E-state index in [0.29, 0.717) is 97.4 Å². The second-order valence-corrected chi connectivity index (χ2v) is 19.5. The van der Waals surface area contributed by atoms with E-state index in [0.717, 1.165) is 39.0 Å². The molecular weight excluding hydrogens is 1040 g/mol. The monoisotopic (exact) mass is 1090 g/mol. The standard InChI is InChI=1S/C47H54Cl2IN13O6/c1-5-14-63-36-9-7-32(22-29(36)24-38(45(63)67)68-26-39(64)51-2)55-43-41(49)34(56-47(58-43)62-19-17-59(3)18-20-62)10-13-52-40(65)27-69-37-23-28-21-31(6-8-35(28)60(4)44(37)66)54-42-33(48)25-53-46(57-42)61-15-11-30(50)12-16-61/h6-9,21-25,30H,5,10-20,26-27H2,1-4H3,(H,51,64)(H,52,65)(H,53,54,57)(H,55,56,58). The molecule has 2 aliphatic heterocycles. The van der Waals surface area contributed by atoms with Gasteiger partial charge in [0.15, 0.2) is 36.3 Å². The summed E-state index contributed by atoms with van der Waals surface area (Å²) >= 11 is 16.1. The smallest absolute Gasteiger partial charge is 0.293 e. The number of hydrogen-bond acceptors (Lipinski definition) is 15. The highest BCUT2D eigenvalue weighted by Gasteiger charge is 2.23. The second kappa shape index (κ2) is 22.2. The van der Waals surface area contributed by atoms with Crippen LogP contribution in [0.5, 0.6) is 11.5 Å². The molecule has 0 bridgehead atoms. The highest BCUT2D eigenvalue weighted by atomic mass is 127. The van der Waals surface area contributed by atoms with E-state index in [1.807, 2.05) is 43.3 Å². The van der Waals surface area contributed by atoms with Crippen LogP contribution in [-0.2, 0) is 29.6 Å². The third-order valence-corrected chi connectivity index (χ3v) is 14.0. The molecule has 6 aromatic rings. The van der Waals surface area contributed by atoms with Gasteiger partial charge in [-0.2, -0.15) is 9.97 Å². The fourth-order valence-corrected chi connectivity index (χ4v) is 9.07. The van der Waals surface area contributed by atoms with Gasteiger partial charge >= 0.3 is 0 Å². The molecule has 0 saturated carbocycles. The number of amides is 2. The fourth-order valence-electron chi connectivity index (χ4n) is 8.15. The van der Waals surface area contributed by atoms with Crippen molar-refractivity contribution in [3.8, 4) is 11.5 Å². The average molecular weight is 1090 g/mol. The van der Waals surface area contributed by atoms with Crippen molar-refractivity contribution < 1.29 is 19.1 Å². The number of piperazine rings is 1. The number of piperidine rings is 1. The number of anilines is 6. The van der Waals surface area contributed by atoms with E-state index in [4.69, 9.17) is 47.6 Å². The summed E-state index contributed by atoms with van der Waals surface area (Å²) in [7, 11) is 5.22. The summed E-state index contributed by atoms with van der Waals surface area (Å²) in [6.07, 6.45) is 4.69. The van der Waals surface area contributed by atoms with Gasteiger partial charge in [0.05, 0.1) is 22.9 Å². The van der Waals surface area contributed by atoms with Gasteiger partial charge in [0.2, 0.25) is 11.9 Å². The van der Waals surface area contributed by atoms with Gasteiger partial charge in [-0.15, -0.1) is 0 Å². The zero-order valence-electron chi connectivity index (χ0n) is 38.8. The van der Waals surface area contributed by atoms with Crippen LogP contribution in [0.3, 0.4) is 0 Å². The minimum atomic E-state index is -0.441. The first-order chi connectivity index (χ1) is 33.3. The number of aryl methyl sites for hydroxylation is 2. The lowest BCUT2D eigenvalue weighted by Crippen LogP contribution is -2.45. The number of nitrogens with zero attached hydrogens (tertiary/aromatic N) is 9. The van der Waals surface area contributed by atoms with Crippen LogP contribution in [0.1, 0.15) is 31.9 Å². The van der Waals surface area contributed by atoms with E-state index in [1.54, 1.807) is 29.9 Å². The molecule has 0 atom stereocenters. The molecule has 2 amide bonds. The number of benzene rings is 2.